The lowest BCUT2D eigenvalue weighted by Crippen LogP contribution is -2.00. The van der Waals surface area contributed by atoms with Gasteiger partial charge in [-0.05, 0) is 18.6 Å². The van der Waals surface area contributed by atoms with Crippen molar-refractivity contribution in [1.29, 1.82) is 0 Å². The maximum atomic E-state index is 13.2. The molecule has 0 heterocycles. The fourth-order valence-electron chi connectivity index (χ4n) is 1.09. The van der Waals surface area contributed by atoms with Crippen LogP contribution in [0.5, 0.6) is 5.75 Å². The topological polar surface area (TPSA) is 21.3 Å². The molecule has 0 atom stereocenters. The summed E-state index contributed by atoms with van der Waals surface area (Å²) in [5.41, 5.74) is 0.755. The van der Waals surface area contributed by atoms with Gasteiger partial charge in [-0.1, -0.05) is 6.08 Å². The number of nitrogens with one attached hydrogen (secondary N) is 1. The highest BCUT2D eigenvalue weighted by Crippen LogP contribution is 2.20. The average Bonchev–Trinajstić information content (AvgIpc) is 2.18. The molecular formula is C11H14FNO. The molecule has 76 valence electrons. The first-order valence-electron chi connectivity index (χ1n) is 4.46. The molecular weight excluding hydrogens is 181 g/mol. The van der Waals surface area contributed by atoms with Gasteiger partial charge in [0.1, 0.15) is 0 Å². The van der Waals surface area contributed by atoms with Gasteiger partial charge >= 0.3 is 0 Å². The number of anilines is 1. The fraction of sp³-hybridized carbons (Fsp3) is 0.273. The predicted molar refractivity (Wildman–Crippen MR) is 56.3 cm³/mol. The van der Waals surface area contributed by atoms with Gasteiger partial charge in [0.25, 0.3) is 0 Å². The van der Waals surface area contributed by atoms with Crippen LogP contribution in [0.15, 0.2) is 30.9 Å². The molecule has 0 saturated carbocycles. The average molecular weight is 195 g/mol. The number of ether oxygens (including phenoxy) is 1. The van der Waals surface area contributed by atoms with Gasteiger partial charge in [0.15, 0.2) is 11.6 Å². The zero-order valence-corrected chi connectivity index (χ0v) is 8.22. The Morgan fingerprint density at radius 2 is 2.36 bits per heavy atom. The third-order valence-corrected chi connectivity index (χ3v) is 1.83. The van der Waals surface area contributed by atoms with Gasteiger partial charge in [0, 0.05) is 18.3 Å². The van der Waals surface area contributed by atoms with Crippen LogP contribution < -0.4 is 10.1 Å². The molecule has 1 N–H and O–H groups in total. The molecule has 0 bridgehead atoms. The second-order valence-corrected chi connectivity index (χ2v) is 2.85. The van der Waals surface area contributed by atoms with Crippen LogP contribution in [-0.4, -0.2) is 13.7 Å². The van der Waals surface area contributed by atoms with Crippen molar-refractivity contribution in [2.45, 2.75) is 6.42 Å². The maximum Gasteiger partial charge on any atom is 0.167 e. The SMILES string of the molecule is C=CCCNc1ccc(OC)c(F)c1. The molecule has 3 heteroatoms. The summed E-state index contributed by atoms with van der Waals surface area (Å²) < 4.78 is 18.0. The standard InChI is InChI=1S/C11H14FNO/c1-3-4-7-13-9-5-6-11(14-2)10(12)8-9/h3,5-6,8,13H,1,4,7H2,2H3. The first kappa shape index (κ1) is 10.6. The molecule has 2 nitrogen and oxygen atoms in total. The Bertz CT molecular complexity index is 312. The van der Waals surface area contributed by atoms with Crippen LogP contribution in [0.4, 0.5) is 10.1 Å². The Morgan fingerprint density at radius 3 is 2.93 bits per heavy atom. The maximum absolute atomic E-state index is 13.2. The summed E-state index contributed by atoms with van der Waals surface area (Å²) >= 11 is 0. The molecule has 0 unspecified atom stereocenters. The smallest absolute Gasteiger partial charge is 0.167 e. The summed E-state index contributed by atoms with van der Waals surface area (Å²) in [6.45, 7) is 4.36. The lowest BCUT2D eigenvalue weighted by molar-refractivity contribution is 0.386. The van der Waals surface area contributed by atoms with Crippen molar-refractivity contribution < 1.29 is 9.13 Å². The Labute approximate surface area is 83.4 Å². The van der Waals surface area contributed by atoms with Crippen molar-refractivity contribution >= 4 is 5.69 Å². The number of rotatable bonds is 5. The van der Waals surface area contributed by atoms with Crippen LogP contribution >= 0.6 is 0 Å². The molecule has 0 aromatic heterocycles. The summed E-state index contributed by atoms with van der Waals surface area (Å²) in [6.07, 6.45) is 2.67. The molecule has 0 aliphatic rings. The third kappa shape index (κ3) is 2.76. The van der Waals surface area contributed by atoms with Crippen molar-refractivity contribution in [3.05, 3.63) is 36.7 Å². The van der Waals surface area contributed by atoms with Gasteiger partial charge in [-0.2, -0.15) is 0 Å². The molecule has 0 amide bonds. The van der Waals surface area contributed by atoms with Crippen molar-refractivity contribution in [2.24, 2.45) is 0 Å². The summed E-state index contributed by atoms with van der Waals surface area (Å²) in [6, 6.07) is 4.80. The van der Waals surface area contributed by atoms with E-state index in [1.165, 1.54) is 13.2 Å². The highest BCUT2D eigenvalue weighted by molar-refractivity contribution is 5.47. The van der Waals surface area contributed by atoms with Crippen molar-refractivity contribution in [3.8, 4) is 5.75 Å². The second-order valence-electron chi connectivity index (χ2n) is 2.85. The molecule has 1 aromatic carbocycles. The molecule has 1 aromatic rings. The highest BCUT2D eigenvalue weighted by Gasteiger charge is 2.01. The highest BCUT2D eigenvalue weighted by atomic mass is 19.1. The van der Waals surface area contributed by atoms with Gasteiger partial charge in [-0.3, -0.25) is 0 Å². The lowest BCUT2D eigenvalue weighted by Gasteiger charge is -2.06. The normalized spacial score (nSPS) is 9.57. The van der Waals surface area contributed by atoms with E-state index in [0.29, 0.717) is 0 Å². The minimum atomic E-state index is -0.351. The molecule has 14 heavy (non-hydrogen) atoms. The number of hydrogen-bond donors (Lipinski definition) is 1. The van der Waals surface area contributed by atoms with Crippen molar-refractivity contribution in [2.75, 3.05) is 19.0 Å². The zero-order valence-electron chi connectivity index (χ0n) is 8.22. The predicted octanol–water partition coefficient (Wildman–Crippen LogP) is 2.82. The number of hydrogen-bond acceptors (Lipinski definition) is 2. The fourth-order valence-corrected chi connectivity index (χ4v) is 1.09. The monoisotopic (exact) mass is 195 g/mol. The van der Waals surface area contributed by atoms with Gasteiger partial charge in [-0.25, -0.2) is 4.39 Å². The first-order chi connectivity index (χ1) is 6.77. The van der Waals surface area contributed by atoms with E-state index in [1.54, 1.807) is 12.1 Å². The summed E-state index contributed by atoms with van der Waals surface area (Å²) in [7, 11) is 1.45. The summed E-state index contributed by atoms with van der Waals surface area (Å²) in [5, 5.41) is 3.07. The van der Waals surface area contributed by atoms with Crippen molar-refractivity contribution in [3.63, 3.8) is 0 Å². The van der Waals surface area contributed by atoms with Crippen molar-refractivity contribution in [1.82, 2.24) is 0 Å². The molecule has 0 fully saturated rings. The number of benzene rings is 1. The van der Waals surface area contributed by atoms with E-state index in [1.807, 2.05) is 6.08 Å². The van der Waals surface area contributed by atoms with E-state index in [4.69, 9.17) is 4.74 Å². The van der Waals surface area contributed by atoms with E-state index < -0.39 is 0 Å². The van der Waals surface area contributed by atoms with E-state index in [2.05, 4.69) is 11.9 Å². The Balaban J connectivity index is 2.61. The minimum Gasteiger partial charge on any atom is -0.494 e. The van der Waals surface area contributed by atoms with Crippen LogP contribution in [-0.2, 0) is 0 Å². The first-order valence-corrected chi connectivity index (χ1v) is 4.46. The van der Waals surface area contributed by atoms with E-state index in [9.17, 15) is 4.39 Å². The molecule has 0 radical (unpaired) electrons. The Kier molecular flexibility index (Phi) is 3.98. The lowest BCUT2D eigenvalue weighted by atomic mass is 10.3. The minimum absolute atomic E-state index is 0.263. The van der Waals surface area contributed by atoms with Crippen LogP contribution in [0.1, 0.15) is 6.42 Å². The summed E-state index contributed by atoms with van der Waals surface area (Å²) in [4.78, 5) is 0. The van der Waals surface area contributed by atoms with Crippen LogP contribution in [0, 0.1) is 5.82 Å². The summed E-state index contributed by atoms with van der Waals surface area (Å²) in [5.74, 6) is -0.0876. The van der Waals surface area contributed by atoms with E-state index in [-0.39, 0.29) is 11.6 Å². The zero-order chi connectivity index (χ0) is 10.4. The van der Waals surface area contributed by atoms with Gasteiger partial charge in [0.05, 0.1) is 7.11 Å². The van der Waals surface area contributed by atoms with Crippen LogP contribution in [0.2, 0.25) is 0 Å². The molecule has 0 aliphatic carbocycles. The molecule has 1 rings (SSSR count). The van der Waals surface area contributed by atoms with Gasteiger partial charge in [-0.15, -0.1) is 6.58 Å². The van der Waals surface area contributed by atoms with Crippen LogP contribution in [0.25, 0.3) is 0 Å². The van der Waals surface area contributed by atoms with E-state index >= 15 is 0 Å². The second kappa shape index (κ2) is 5.27. The number of methoxy groups -OCH3 is 1. The van der Waals surface area contributed by atoms with Gasteiger partial charge < -0.3 is 10.1 Å². The largest absolute Gasteiger partial charge is 0.494 e. The molecule has 0 spiro atoms. The Hall–Kier alpha value is -1.51. The quantitative estimate of drug-likeness (QED) is 0.576. The molecule has 0 saturated heterocycles. The number of halogens is 1. The van der Waals surface area contributed by atoms with Crippen LogP contribution in [0.3, 0.4) is 0 Å². The van der Waals surface area contributed by atoms with E-state index in [0.717, 1.165) is 18.7 Å². The third-order valence-electron chi connectivity index (χ3n) is 1.83. The van der Waals surface area contributed by atoms with Gasteiger partial charge in [0.2, 0.25) is 0 Å². The Morgan fingerprint density at radius 1 is 1.57 bits per heavy atom. The molecule has 0 aliphatic heterocycles.